The van der Waals surface area contributed by atoms with Crippen molar-refractivity contribution < 1.29 is 0 Å². The number of aliphatic imine (C=N–C) groups is 1. The van der Waals surface area contributed by atoms with E-state index >= 15 is 0 Å². The van der Waals surface area contributed by atoms with Crippen LogP contribution in [-0.2, 0) is 25.9 Å². The lowest BCUT2D eigenvalue weighted by atomic mass is 10.4. The Balaban J connectivity index is 0.00000288. The SMILES string of the molecule is CCNC(=NCc1csc(CC)n1)NCCn1cnnc1CC.I. The van der Waals surface area contributed by atoms with E-state index in [1.807, 2.05) is 0 Å². The summed E-state index contributed by atoms with van der Waals surface area (Å²) in [7, 11) is 0. The summed E-state index contributed by atoms with van der Waals surface area (Å²) < 4.78 is 2.06. The van der Waals surface area contributed by atoms with E-state index in [-0.39, 0.29) is 24.0 Å². The Bertz CT molecular complexity index is 623. The molecular formula is C15H26IN7S. The van der Waals surface area contributed by atoms with Gasteiger partial charge in [0.25, 0.3) is 0 Å². The summed E-state index contributed by atoms with van der Waals surface area (Å²) in [6.45, 7) is 9.27. The fourth-order valence-corrected chi connectivity index (χ4v) is 2.86. The molecule has 134 valence electrons. The smallest absolute Gasteiger partial charge is 0.191 e. The first-order valence-electron chi connectivity index (χ1n) is 8.08. The molecule has 0 bridgehead atoms. The molecule has 2 N–H and O–H groups in total. The fraction of sp³-hybridized carbons (Fsp3) is 0.600. The minimum absolute atomic E-state index is 0. The standard InChI is InChI=1S/C15H25N7S.HI/c1-4-13-21-19-11-22(13)8-7-17-15(16-6-3)18-9-12-10-23-14(5-2)20-12;/h10-11H,4-9H2,1-3H3,(H2,16,17,18);1H. The lowest BCUT2D eigenvalue weighted by Gasteiger charge is -2.11. The predicted molar refractivity (Wildman–Crippen MR) is 109 cm³/mol. The molecule has 0 radical (unpaired) electrons. The van der Waals surface area contributed by atoms with Crippen molar-refractivity contribution in [3.63, 3.8) is 0 Å². The van der Waals surface area contributed by atoms with Gasteiger partial charge in [0.2, 0.25) is 0 Å². The molecule has 2 rings (SSSR count). The molecule has 0 saturated carbocycles. The summed E-state index contributed by atoms with van der Waals surface area (Å²) in [5.74, 6) is 1.81. The lowest BCUT2D eigenvalue weighted by Crippen LogP contribution is -2.38. The average molecular weight is 463 g/mol. The minimum Gasteiger partial charge on any atom is -0.357 e. The number of halogens is 1. The van der Waals surface area contributed by atoms with Crippen molar-refractivity contribution in [2.24, 2.45) is 4.99 Å². The molecule has 0 fully saturated rings. The Morgan fingerprint density at radius 2 is 2.08 bits per heavy atom. The van der Waals surface area contributed by atoms with Gasteiger partial charge in [-0.15, -0.1) is 45.5 Å². The first kappa shape index (κ1) is 20.8. The van der Waals surface area contributed by atoms with Crippen molar-refractivity contribution in [2.45, 2.75) is 46.7 Å². The van der Waals surface area contributed by atoms with E-state index in [1.54, 1.807) is 17.7 Å². The maximum absolute atomic E-state index is 4.59. The van der Waals surface area contributed by atoms with E-state index < -0.39 is 0 Å². The number of guanidine groups is 1. The summed E-state index contributed by atoms with van der Waals surface area (Å²) in [6.07, 6.45) is 3.63. The van der Waals surface area contributed by atoms with Crippen LogP contribution < -0.4 is 10.6 Å². The van der Waals surface area contributed by atoms with Crippen LogP contribution in [0.5, 0.6) is 0 Å². The fourth-order valence-electron chi connectivity index (χ4n) is 2.12. The quantitative estimate of drug-likeness (QED) is 0.357. The molecule has 9 heteroatoms. The van der Waals surface area contributed by atoms with Crippen LogP contribution in [0.1, 0.15) is 37.3 Å². The molecule has 0 aliphatic heterocycles. The largest absolute Gasteiger partial charge is 0.357 e. The Kier molecular flexibility index (Phi) is 9.84. The molecule has 0 saturated heterocycles. The van der Waals surface area contributed by atoms with Crippen molar-refractivity contribution in [3.8, 4) is 0 Å². The van der Waals surface area contributed by atoms with Crippen LogP contribution >= 0.6 is 35.3 Å². The number of aryl methyl sites for hydroxylation is 2. The topological polar surface area (TPSA) is 80.0 Å². The number of rotatable bonds is 8. The monoisotopic (exact) mass is 463 g/mol. The second-order valence-electron chi connectivity index (χ2n) is 5.00. The molecule has 7 nitrogen and oxygen atoms in total. The number of hydrogen-bond acceptors (Lipinski definition) is 5. The van der Waals surface area contributed by atoms with E-state index in [9.17, 15) is 0 Å². The first-order chi connectivity index (χ1) is 11.3. The van der Waals surface area contributed by atoms with Crippen LogP contribution in [0.15, 0.2) is 16.7 Å². The highest BCUT2D eigenvalue weighted by molar-refractivity contribution is 14.0. The molecular weight excluding hydrogens is 437 g/mol. The molecule has 0 aliphatic rings. The Hall–Kier alpha value is -1.23. The third-order valence-electron chi connectivity index (χ3n) is 3.30. The van der Waals surface area contributed by atoms with Crippen molar-refractivity contribution in [1.29, 1.82) is 0 Å². The van der Waals surface area contributed by atoms with Crippen LogP contribution in [0.2, 0.25) is 0 Å². The van der Waals surface area contributed by atoms with Crippen LogP contribution in [0, 0.1) is 0 Å². The van der Waals surface area contributed by atoms with Crippen molar-refractivity contribution in [3.05, 3.63) is 28.2 Å². The first-order valence-corrected chi connectivity index (χ1v) is 8.96. The molecule has 0 amide bonds. The van der Waals surface area contributed by atoms with Gasteiger partial charge in [-0.2, -0.15) is 0 Å². The predicted octanol–water partition coefficient (Wildman–Crippen LogP) is 2.23. The zero-order valence-corrected chi connectivity index (χ0v) is 17.6. The Morgan fingerprint density at radius 1 is 1.25 bits per heavy atom. The summed E-state index contributed by atoms with van der Waals surface area (Å²) in [5.41, 5.74) is 1.02. The molecule has 0 unspecified atom stereocenters. The molecule has 24 heavy (non-hydrogen) atoms. The third kappa shape index (κ3) is 6.34. The van der Waals surface area contributed by atoms with E-state index in [0.717, 1.165) is 55.0 Å². The average Bonchev–Trinajstić information content (AvgIpc) is 3.21. The molecule has 0 spiro atoms. The third-order valence-corrected chi connectivity index (χ3v) is 4.34. The van der Waals surface area contributed by atoms with Crippen LogP contribution in [0.4, 0.5) is 0 Å². The van der Waals surface area contributed by atoms with Gasteiger partial charge in [-0.25, -0.2) is 9.98 Å². The maximum atomic E-state index is 4.59. The second kappa shape index (κ2) is 11.3. The van der Waals surface area contributed by atoms with Crippen molar-refractivity contribution in [1.82, 2.24) is 30.4 Å². The molecule has 0 aliphatic carbocycles. The number of nitrogens with one attached hydrogen (secondary N) is 2. The molecule has 0 aromatic carbocycles. The zero-order valence-electron chi connectivity index (χ0n) is 14.4. The van der Waals surface area contributed by atoms with Gasteiger partial charge in [0.05, 0.1) is 17.2 Å². The van der Waals surface area contributed by atoms with Gasteiger partial charge in [-0.05, 0) is 13.3 Å². The van der Waals surface area contributed by atoms with E-state index in [0.29, 0.717) is 6.54 Å². The molecule has 0 atom stereocenters. The van der Waals surface area contributed by atoms with Gasteiger partial charge in [0.15, 0.2) is 5.96 Å². The van der Waals surface area contributed by atoms with Gasteiger partial charge in [0.1, 0.15) is 12.2 Å². The van der Waals surface area contributed by atoms with Crippen molar-refractivity contribution in [2.75, 3.05) is 13.1 Å². The summed E-state index contributed by atoms with van der Waals surface area (Å²) in [6, 6.07) is 0. The van der Waals surface area contributed by atoms with E-state index in [1.165, 1.54) is 0 Å². The summed E-state index contributed by atoms with van der Waals surface area (Å²) in [5, 5.41) is 17.9. The number of aromatic nitrogens is 4. The van der Waals surface area contributed by atoms with E-state index in [4.69, 9.17) is 0 Å². The highest BCUT2D eigenvalue weighted by atomic mass is 127. The van der Waals surface area contributed by atoms with Gasteiger partial charge >= 0.3 is 0 Å². The second-order valence-corrected chi connectivity index (χ2v) is 5.94. The number of hydrogen-bond donors (Lipinski definition) is 2. The summed E-state index contributed by atoms with van der Waals surface area (Å²) >= 11 is 1.70. The highest BCUT2D eigenvalue weighted by Gasteiger charge is 2.03. The minimum atomic E-state index is 0. The molecule has 2 aromatic heterocycles. The summed E-state index contributed by atoms with van der Waals surface area (Å²) in [4.78, 5) is 9.13. The van der Waals surface area contributed by atoms with Gasteiger partial charge < -0.3 is 15.2 Å². The number of nitrogens with zero attached hydrogens (tertiary/aromatic N) is 5. The molecule has 2 aromatic rings. The normalized spacial score (nSPS) is 11.2. The highest BCUT2D eigenvalue weighted by Crippen LogP contribution is 2.10. The maximum Gasteiger partial charge on any atom is 0.191 e. The van der Waals surface area contributed by atoms with E-state index in [2.05, 4.69) is 61.5 Å². The Labute approximate surface area is 164 Å². The molecule has 2 heterocycles. The van der Waals surface area contributed by atoms with Crippen LogP contribution in [0.3, 0.4) is 0 Å². The van der Waals surface area contributed by atoms with Gasteiger partial charge in [-0.3, -0.25) is 0 Å². The zero-order chi connectivity index (χ0) is 16.5. The van der Waals surface area contributed by atoms with Crippen LogP contribution in [0.25, 0.3) is 0 Å². The lowest BCUT2D eigenvalue weighted by molar-refractivity contribution is 0.632. The van der Waals surface area contributed by atoms with Gasteiger partial charge in [0, 0.05) is 31.4 Å². The van der Waals surface area contributed by atoms with Crippen molar-refractivity contribution >= 4 is 41.3 Å². The van der Waals surface area contributed by atoms with Crippen LogP contribution in [-0.4, -0.2) is 38.8 Å². The Morgan fingerprint density at radius 3 is 2.75 bits per heavy atom. The van der Waals surface area contributed by atoms with Gasteiger partial charge in [-0.1, -0.05) is 13.8 Å². The number of thiazole rings is 1.